The summed E-state index contributed by atoms with van der Waals surface area (Å²) in [4.78, 5) is 11.1. The van der Waals surface area contributed by atoms with Gasteiger partial charge in [-0.05, 0) is 46.5 Å². The standard InChI is InChI=1S/C12H18N2O/c1-12(2,3)14-11(8-15)9-6-4-5-7-10(9)13-14/h8H,4-7H2,1-3H3. The van der Waals surface area contributed by atoms with E-state index in [9.17, 15) is 4.79 Å². The van der Waals surface area contributed by atoms with Crippen LogP contribution in [0, 0.1) is 0 Å². The van der Waals surface area contributed by atoms with Gasteiger partial charge in [0.25, 0.3) is 0 Å². The van der Waals surface area contributed by atoms with E-state index in [2.05, 4.69) is 25.9 Å². The molecule has 0 bridgehead atoms. The van der Waals surface area contributed by atoms with E-state index in [0.717, 1.165) is 30.5 Å². The van der Waals surface area contributed by atoms with Crippen LogP contribution in [0.25, 0.3) is 0 Å². The third kappa shape index (κ3) is 1.71. The van der Waals surface area contributed by atoms with Crippen LogP contribution >= 0.6 is 0 Å². The molecule has 82 valence electrons. The van der Waals surface area contributed by atoms with Crippen LogP contribution in [-0.2, 0) is 18.4 Å². The largest absolute Gasteiger partial charge is 0.296 e. The van der Waals surface area contributed by atoms with Crippen LogP contribution in [0.1, 0.15) is 55.4 Å². The maximum absolute atomic E-state index is 11.1. The first kappa shape index (κ1) is 10.4. The third-order valence-corrected chi connectivity index (χ3v) is 2.94. The zero-order valence-corrected chi connectivity index (χ0v) is 9.71. The van der Waals surface area contributed by atoms with Crippen molar-refractivity contribution in [3.8, 4) is 0 Å². The molecule has 1 aromatic rings. The highest BCUT2D eigenvalue weighted by Gasteiger charge is 2.25. The van der Waals surface area contributed by atoms with Crippen molar-refractivity contribution in [1.82, 2.24) is 9.78 Å². The maximum Gasteiger partial charge on any atom is 0.168 e. The van der Waals surface area contributed by atoms with Crippen LogP contribution in [0.3, 0.4) is 0 Å². The van der Waals surface area contributed by atoms with E-state index in [1.54, 1.807) is 0 Å². The first-order valence-electron chi connectivity index (χ1n) is 5.60. The van der Waals surface area contributed by atoms with Crippen molar-refractivity contribution in [2.75, 3.05) is 0 Å². The van der Waals surface area contributed by atoms with Gasteiger partial charge in [0, 0.05) is 5.56 Å². The summed E-state index contributed by atoms with van der Waals surface area (Å²) in [6.45, 7) is 6.25. The Morgan fingerprint density at radius 2 is 1.93 bits per heavy atom. The molecule has 0 unspecified atom stereocenters. The monoisotopic (exact) mass is 206 g/mol. The number of aromatic nitrogens is 2. The summed E-state index contributed by atoms with van der Waals surface area (Å²) in [5.41, 5.74) is 3.01. The molecule has 0 spiro atoms. The molecule has 3 nitrogen and oxygen atoms in total. The number of carbonyl (C=O) groups excluding carboxylic acids is 1. The molecule has 0 saturated heterocycles. The molecule has 0 aromatic carbocycles. The van der Waals surface area contributed by atoms with Crippen molar-refractivity contribution in [3.63, 3.8) is 0 Å². The number of hydrogen-bond donors (Lipinski definition) is 0. The molecule has 0 aliphatic heterocycles. The zero-order chi connectivity index (χ0) is 11.1. The second-order valence-corrected chi connectivity index (χ2v) is 5.22. The van der Waals surface area contributed by atoms with Crippen molar-refractivity contribution in [1.29, 1.82) is 0 Å². The zero-order valence-electron chi connectivity index (χ0n) is 9.71. The number of fused-ring (bicyclic) bond motifs is 1. The first-order chi connectivity index (χ1) is 7.04. The van der Waals surface area contributed by atoms with Gasteiger partial charge in [0.1, 0.15) is 5.69 Å². The molecular weight excluding hydrogens is 188 g/mol. The molecule has 1 aliphatic carbocycles. The van der Waals surface area contributed by atoms with Gasteiger partial charge in [-0.2, -0.15) is 5.10 Å². The van der Waals surface area contributed by atoms with Crippen molar-refractivity contribution >= 4 is 6.29 Å². The molecule has 0 radical (unpaired) electrons. The number of rotatable bonds is 1. The SMILES string of the molecule is CC(C)(C)n1nc2c(c1C=O)CCCC2. The fraction of sp³-hybridized carbons (Fsp3) is 0.667. The van der Waals surface area contributed by atoms with Crippen LogP contribution in [0.15, 0.2) is 0 Å². The average Bonchev–Trinajstić information content (AvgIpc) is 2.55. The molecule has 2 rings (SSSR count). The summed E-state index contributed by atoms with van der Waals surface area (Å²) in [6, 6.07) is 0. The van der Waals surface area contributed by atoms with E-state index in [-0.39, 0.29) is 5.54 Å². The topological polar surface area (TPSA) is 34.9 Å². The summed E-state index contributed by atoms with van der Waals surface area (Å²) in [5.74, 6) is 0. The first-order valence-corrected chi connectivity index (χ1v) is 5.60. The van der Waals surface area contributed by atoms with E-state index < -0.39 is 0 Å². The summed E-state index contributed by atoms with van der Waals surface area (Å²) < 4.78 is 1.88. The van der Waals surface area contributed by atoms with Crippen molar-refractivity contribution in [3.05, 3.63) is 17.0 Å². The number of carbonyl (C=O) groups is 1. The van der Waals surface area contributed by atoms with Gasteiger partial charge in [-0.15, -0.1) is 0 Å². The molecule has 15 heavy (non-hydrogen) atoms. The molecule has 1 aliphatic rings. The quantitative estimate of drug-likeness (QED) is 0.661. The van der Waals surface area contributed by atoms with Gasteiger partial charge in [-0.1, -0.05) is 0 Å². The Kier molecular flexibility index (Phi) is 2.41. The highest BCUT2D eigenvalue weighted by molar-refractivity contribution is 5.75. The minimum Gasteiger partial charge on any atom is -0.296 e. The number of nitrogens with zero attached hydrogens (tertiary/aromatic N) is 2. The van der Waals surface area contributed by atoms with Crippen LogP contribution < -0.4 is 0 Å². The smallest absolute Gasteiger partial charge is 0.168 e. The van der Waals surface area contributed by atoms with E-state index >= 15 is 0 Å². The minimum atomic E-state index is -0.104. The number of aldehydes is 1. The lowest BCUT2D eigenvalue weighted by Gasteiger charge is -2.20. The normalized spacial score (nSPS) is 16.2. The highest BCUT2D eigenvalue weighted by atomic mass is 16.1. The predicted octanol–water partition coefficient (Wildman–Crippen LogP) is 2.33. The van der Waals surface area contributed by atoms with Gasteiger partial charge in [-0.25, -0.2) is 0 Å². The lowest BCUT2D eigenvalue weighted by atomic mass is 9.96. The second-order valence-electron chi connectivity index (χ2n) is 5.22. The van der Waals surface area contributed by atoms with E-state index in [0.29, 0.717) is 0 Å². The Bertz CT molecular complexity index is 385. The number of aryl methyl sites for hydroxylation is 1. The molecule has 0 saturated carbocycles. The molecule has 0 fully saturated rings. The maximum atomic E-state index is 11.1. The average molecular weight is 206 g/mol. The Morgan fingerprint density at radius 1 is 1.27 bits per heavy atom. The van der Waals surface area contributed by atoms with Crippen LogP contribution in [0.5, 0.6) is 0 Å². The van der Waals surface area contributed by atoms with Gasteiger partial charge in [0.05, 0.1) is 11.2 Å². The number of hydrogen-bond acceptors (Lipinski definition) is 2. The van der Waals surface area contributed by atoms with Gasteiger partial charge in [-0.3, -0.25) is 9.48 Å². The van der Waals surface area contributed by atoms with Crippen molar-refractivity contribution < 1.29 is 4.79 Å². The molecule has 0 N–H and O–H groups in total. The molecule has 0 amide bonds. The summed E-state index contributed by atoms with van der Waals surface area (Å²) >= 11 is 0. The van der Waals surface area contributed by atoms with Crippen LogP contribution in [0.2, 0.25) is 0 Å². The second kappa shape index (κ2) is 3.47. The molecule has 0 atom stereocenters. The molecule has 1 aromatic heterocycles. The van der Waals surface area contributed by atoms with Crippen molar-refractivity contribution in [2.24, 2.45) is 0 Å². The molecule has 3 heteroatoms. The van der Waals surface area contributed by atoms with Gasteiger partial charge < -0.3 is 0 Å². The van der Waals surface area contributed by atoms with Gasteiger partial charge in [0.15, 0.2) is 6.29 Å². The Balaban J connectivity index is 2.56. The van der Waals surface area contributed by atoms with Crippen molar-refractivity contribution in [2.45, 2.75) is 52.0 Å². The van der Waals surface area contributed by atoms with E-state index in [4.69, 9.17) is 0 Å². The fourth-order valence-electron chi connectivity index (χ4n) is 2.21. The summed E-state index contributed by atoms with van der Waals surface area (Å²) in [5, 5.41) is 4.58. The Hall–Kier alpha value is -1.12. The van der Waals surface area contributed by atoms with Crippen LogP contribution in [0.4, 0.5) is 0 Å². The molecule has 1 heterocycles. The van der Waals surface area contributed by atoms with E-state index in [1.807, 2.05) is 4.68 Å². The Labute approximate surface area is 90.5 Å². The predicted molar refractivity (Wildman–Crippen MR) is 59.3 cm³/mol. The summed E-state index contributed by atoms with van der Waals surface area (Å²) in [6.07, 6.45) is 5.39. The van der Waals surface area contributed by atoms with E-state index in [1.165, 1.54) is 18.4 Å². The van der Waals surface area contributed by atoms with Crippen LogP contribution in [-0.4, -0.2) is 16.1 Å². The fourth-order valence-corrected chi connectivity index (χ4v) is 2.21. The summed E-state index contributed by atoms with van der Waals surface area (Å²) in [7, 11) is 0. The Morgan fingerprint density at radius 3 is 2.53 bits per heavy atom. The van der Waals surface area contributed by atoms with Gasteiger partial charge in [0.2, 0.25) is 0 Å². The third-order valence-electron chi connectivity index (χ3n) is 2.94. The molecular formula is C12H18N2O. The highest BCUT2D eigenvalue weighted by Crippen LogP contribution is 2.26. The van der Waals surface area contributed by atoms with Gasteiger partial charge >= 0.3 is 0 Å². The minimum absolute atomic E-state index is 0.104. The lowest BCUT2D eigenvalue weighted by Crippen LogP contribution is -2.25. The lowest BCUT2D eigenvalue weighted by molar-refractivity contribution is 0.110.